The van der Waals surface area contributed by atoms with Crippen molar-refractivity contribution in [3.63, 3.8) is 0 Å². The Morgan fingerprint density at radius 2 is 2.00 bits per heavy atom. The van der Waals surface area contributed by atoms with Crippen LogP contribution < -0.4 is 5.48 Å². The Kier molecular flexibility index (Phi) is 7.71. The van der Waals surface area contributed by atoms with Crippen molar-refractivity contribution in [1.82, 2.24) is 5.48 Å². The van der Waals surface area contributed by atoms with Crippen molar-refractivity contribution in [2.45, 2.75) is 6.92 Å². The molecule has 2 N–H and O–H groups in total. The van der Waals surface area contributed by atoms with Gasteiger partial charge in [0.15, 0.2) is 0 Å². The van der Waals surface area contributed by atoms with Crippen molar-refractivity contribution in [1.29, 1.82) is 0 Å². The molecule has 0 aromatic carbocycles. The van der Waals surface area contributed by atoms with Crippen LogP contribution in [0.25, 0.3) is 0 Å². The molecule has 0 heterocycles. The van der Waals surface area contributed by atoms with Gasteiger partial charge in [-0.25, -0.2) is 5.48 Å². The Labute approximate surface area is 46.2 Å². The first kappa shape index (κ1) is 9.34. The van der Waals surface area contributed by atoms with E-state index in [2.05, 4.69) is 0 Å². The minimum absolute atomic E-state index is 0. The third-order valence-corrected chi connectivity index (χ3v) is 0.157. The fraction of sp³-hybridized carbons (Fsp3) is 0.500. The number of carbonyl (C=O) groups is 1. The van der Waals surface area contributed by atoms with Crippen molar-refractivity contribution in [2.75, 3.05) is 0 Å². The SMILES string of the molecule is CC(=O)NO.[Fe]. The first-order chi connectivity index (χ1) is 2.27. The van der Waals surface area contributed by atoms with E-state index in [-0.39, 0.29) is 17.1 Å². The number of hydrogen-bond donors (Lipinski definition) is 2. The first-order valence-corrected chi connectivity index (χ1v) is 1.18. The van der Waals surface area contributed by atoms with E-state index in [1.165, 1.54) is 12.4 Å². The van der Waals surface area contributed by atoms with Crippen LogP contribution in [0, 0.1) is 0 Å². The van der Waals surface area contributed by atoms with Crippen LogP contribution >= 0.6 is 0 Å². The Morgan fingerprint density at radius 3 is 2.00 bits per heavy atom. The summed E-state index contributed by atoms with van der Waals surface area (Å²) in [5.41, 5.74) is 1.39. The predicted octanol–water partition coefficient (Wildman–Crippen LogP) is -0.491. The molecule has 6 heavy (non-hydrogen) atoms. The number of rotatable bonds is 0. The van der Waals surface area contributed by atoms with Gasteiger partial charge in [-0.15, -0.1) is 0 Å². The fourth-order valence-electron chi connectivity index (χ4n) is 0. The smallest absolute Gasteiger partial charge is 0.240 e. The van der Waals surface area contributed by atoms with Crippen molar-refractivity contribution in [3.8, 4) is 0 Å². The zero-order valence-corrected chi connectivity index (χ0v) is 4.31. The van der Waals surface area contributed by atoms with E-state index in [0.29, 0.717) is 0 Å². The largest absolute Gasteiger partial charge is 0.289 e. The van der Waals surface area contributed by atoms with Crippen LogP contribution in [0.5, 0.6) is 0 Å². The van der Waals surface area contributed by atoms with Crippen LogP contribution in [-0.4, -0.2) is 11.1 Å². The predicted molar refractivity (Wildman–Crippen MR) is 15.6 cm³/mol. The molecular formula is C2H5FeNO2. The molecule has 0 rings (SSSR count). The molecule has 0 saturated carbocycles. The Morgan fingerprint density at radius 1 is 1.83 bits per heavy atom. The van der Waals surface area contributed by atoms with Crippen molar-refractivity contribution in [3.05, 3.63) is 0 Å². The molecule has 0 aromatic heterocycles. The average molecular weight is 131 g/mol. The molecule has 0 atom stereocenters. The molecule has 0 aromatic rings. The van der Waals surface area contributed by atoms with E-state index in [4.69, 9.17) is 5.21 Å². The minimum atomic E-state index is -0.440. The third kappa shape index (κ3) is 9.04. The van der Waals surface area contributed by atoms with Crippen LogP contribution in [0.1, 0.15) is 6.92 Å². The van der Waals surface area contributed by atoms with E-state index in [0.717, 1.165) is 0 Å². The molecule has 0 unspecified atom stereocenters. The van der Waals surface area contributed by atoms with E-state index >= 15 is 0 Å². The van der Waals surface area contributed by atoms with Gasteiger partial charge in [-0.2, -0.15) is 0 Å². The molecule has 0 bridgehead atoms. The topological polar surface area (TPSA) is 49.3 Å². The number of hydroxylamine groups is 1. The maximum absolute atomic E-state index is 9.45. The second kappa shape index (κ2) is 4.95. The summed E-state index contributed by atoms with van der Waals surface area (Å²) in [4.78, 5) is 9.45. The van der Waals surface area contributed by atoms with E-state index in [1.54, 1.807) is 0 Å². The summed E-state index contributed by atoms with van der Waals surface area (Å²) >= 11 is 0. The molecule has 38 valence electrons. The zero-order chi connectivity index (χ0) is 4.28. The van der Waals surface area contributed by atoms with Crippen LogP contribution in [-0.2, 0) is 21.9 Å². The molecule has 0 aliphatic rings. The third-order valence-electron chi connectivity index (χ3n) is 0.157. The summed E-state index contributed by atoms with van der Waals surface area (Å²) in [6.45, 7) is 1.22. The van der Waals surface area contributed by atoms with Gasteiger partial charge in [-0.05, 0) is 0 Å². The molecule has 1 amide bonds. The van der Waals surface area contributed by atoms with E-state index in [1.807, 2.05) is 0 Å². The molecular weight excluding hydrogens is 126 g/mol. The molecule has 0 aliphatic carbocycles. The van der Waals surface area contributed by atoms with Gasteiger partial charge in [0, 0.05) is 24.0 Å². The summed E-state index contributed by atoms with van der Waals surface area (Å²) in [5, 5.41) is 7.54. The molecule has 4 heteroatoms. The molecule has 3 nitrogen and oxygen atoms in total. The van der Waals surface area contributed by atoms with Crippen molar-refractivity contribution < 1.29 is 27.1 Å². The van der Waals surface area contributed by atoms with Crippen molar-refractivity contribution in [2.24, 2.45) is 0 Å². The number of hydrogen-bond acceptors (Lipinski definition) is 2. The van der Waals surface area contributed by atoms with Gasteiger partial charge in [-0.3, -0.25) is 10.0 Å². The van der Waals surface area contributed by atoms with Gasteiger partial charge >= 0.3 is 0 Å². The van der Waals surface area contributed by atoms with Gasteiger partial charge in [0.05, 0.1) is 0 Å². The second-order valence-electron chi connectivity index (χ2n) is 0.668. The Balaban J connectivity index is 0. The fourth-order valence-corrected chi connectivity index (χ4v) is 0. The van der Waals surface area contributed by atoms with Gasteiger partial charge in [0.2, 0.25) is 5.91 Å². The maximum Gasteiger partial charge on any atom is 0.240 e. The summed E-state index contributed by atoms with van der Waals surface area (Å²) < 4.78 is 0. The summed E-state index contributed by atoms with van der Waals surface area (Å²) in [6.07, 6.45) is 0. The molecule has 0 spiro atoms. The van der Waals surface area contributed by atoms with E-state index < -0.39 is 5.91 Å². The van der Waals surface area contributed by atoms with Crippen molar-refractivity contribution >= 4 is 5.91 Å². The zero-order valence-electron chi connectivity index (χ0n) is 3.21. The quantitative estimate of drug-likeness (QED) is 0.264. The number of carbonyl (C=O) groups excluding carboxylic acids is 1. The Hall–Kier alpha value is -0.0505. The minimum Gasteiger partial charge on any atom is -0.289 e. The van der Waals surface area contributed by atoms with Crippen LogP contribution in [0.3, 0.4) is 0 Å². The van der Waals surface area contributed by atoms with Crippen LogP contribution in [0.4, 0.5) is 0 Å². The first-order valence-electron chi connectivity index (χ1n) is 1.18. The normalized spacial score (nSPS) is 5.67. The van der Waals surface area contributed by atoms with Gasteiger partial charge < -0.3 is 0 Å². The van der Waals surface area contributed by atoms with Crippen LogP contribution in [0.2, 0.25) is 0 Å². The maximum atomic E-state index is 9.45. The summed E-state index contributed by atoms with van der Waals surface area (Å²) in [6, 6.07) is 0. The summed E-state index contributed by atoms with van der Waals surface area (Å²) in [7, 11) is 0. The number of amides is 1. The number of nitrogens with one attached hydrogen (secondary N) is 1. The monoisotopic (exact) mass is 131 g/mol. The summed E-state index contributed by atoms with van der Waals surface area (Å²) in [5.74, 6) is -0.440. The van der Waals surface area contributed by atoms with Gasteiger partial charge in [0.25, 0.3) is 0 Å². The molecule has 0 fully saturated rings. The molecule has 0 radical (unpaired) electrons. The Bertz CT molecular complexity index is 46.8. The molecule has 0 saturated heterocycles. The van der Waals surface area contributed by atoms with Crippen LogP contribution in [0.15, 0.2) is 0 Å². The van der Waals surface area contributed by atoms with Gasteiger partial charge in [0.1, 0.15) is 0 Å². The van der Waals surface area contributed by atoms with E-state index in [9.17, 15) is 4.79 Å². The standard InChI is InChI=1S/C2H5NO2.Fe/c1-2(4)3-5;/h5H,1H3,(H,3,4);. The average Bonchev–Trinajstić information content (AvgIpc) is 1.38. The molecule has 0 aliphatic heterocycles. The van der Waals surface area contributed by atoms with Gasteiger partial charge in [-0.1, -0.05) is 0 Å². The second-order valence-corrected chi connectivity index (χ2v) is 0.668.